The van der Waals surface area contributed by atoms with Gasteiger partial charge in [-0.05, 0) is 24.6 Å². The van der Waals surface area contributed by atoms with Crippen molar-refractivity contribution in [1.29, 1.82) is 0 Å². The Hall–Kier alpha value is -1.92. The number of nitrogens with two attached hydrogens (primary N) is 1. The zero-order valence-corrected chi connectivity index (χ0v) is 10.4. The highest BCUT2D eigenvalue weighted by molar-refractivity contribution is 5.91. The van der Waals surface area contributed by atoms with Crippen LogP contribution >= 0.6 is 0 Å². The van der Waals surface area contributed by atoms with Crippen LogP contribution in [0.25, 0.3) is 0 Å². The maximum absolute atomic E-state index is 11.9. The minimum Gasteiger partial charge on any atom is -0.465 e. The molecule has 1 aromatic rings. The Bertz CT molecular complexity index is 447. The molecule has 0 aliphatic heterocycles. The van der Waals surface area contributed by atoms with Gasteiger partial charge in [-0.25, -0.2) is 4.79 Å². The van der Waals surface area contributed by atoms with Crippen LogP contribution in [0.1, 0.15) is 23.2 Å². The number of carbonyl (C=O) groups excluding carboxylic acids is 1. The van der Waals surface area contributed by atoms with E-state index in [4.69, 9.17) is 5.73 Å². The molecule has 19 heavy (non-hydrogen) atoms. The number of rotatable bonds is 5. The van der Waals surface area contributed by atoms with Crippen LogP contribution in [0.4, 0.5) is 24.5 Å². The lowest BCUT2D eigenvalue weighted by molar-refractivity contribution is -0.134. The normalized spacial score (nSPS) is 11.2. The molecule has 3 N–H and O–H groups in total. The van der Waals surface area contributed by atoms with Gasteiger partial charge in [0.05, 0.1) is 24.0 Å². The third-order valence-corrected chi connectivity index (χ3v) is 2.43. The molecule has 0 aliphatic carbocycles. The van der Waals surface area contributed by atoms with Crippen molar-refractivity contribution in [3.05, 3.63) is 23.8 Å². The van der Waals surface area contributed by atoms with E-state index in [0.717, 1.165) is 0 Å². The first kappa shape index (κ1) is 15.1. The van der Waals surface area contributed by atoms with E-state index in [1.165, 1.54) is 25.3 Å². The molecule has 0 heterocycles. The number of methoxy groups -OCH3 is 1. The molecular weight excluding hydrogens is 261 g/mol. The second-order valence-corrected chi connectivity index (χ2v) is 3.94. The number of nitrogens with one attached hydrogen (secondary N) is 1. The number of alkyl halides is 3. The smallest absolute Gasteiger partial charge is 0.389 e. The minimum atomic E-state index is -4.15. The molecule has 1 rings (SSSR count). The van der Waals surface area contributed by atoms with Gasteiger partial charge in [-0.2, -0.15) is 13.2 Å². The molecule has 4 nitrogen and oxygen atoms in total. The van der Waals surface area contributed by atoms with E-state index in [1.54, 1.807) is 0 Å². The van der Waals surface area contributed by atoms with Crippen molar-refractivity contribution in [2.24, 2.45) is 0 Å². The predicted octanol–water partition coefficient (Wildman–Crippen LogP) is 2.81. The topological polar surface area (TPSA) is 64.3 Å². The maximum atomic E-state index is 11.9. The van der Waals surface area contributed by atoms with Crippen molar-refractivity contribution in [3.63, 3.8) is 0 Å². The van der Waals surface area contributed by atoms with Crippen molar-refractivity contribution < 1.29 is 22.7 Å². The molecule has 0 saturated heterocycles. The highest BCUT2D eigenvalue weighted by Gasteiger charge is 2.25. The monoisotopic (exact) mass is 276 g/mol. The highest BCUT2D eigenvalue weighted by atomic mass is 19.4. The van der Waals surface area contributed by atoms with Crippen LogP contribution in [0.5, 0.6) is 0 Å². The summed E-state index contributed by atoms with van der Waals surface area (Å²) < 4.78 is 40.3. The lowest BCUT2D eigenvalue weighted by atomic mass is 10.1. The number of esters is 1. The summed E-state index contributed by atoms with van der Waals surface area (Å²) in [6.07, 6.45) is -5.04. The van der Waals surface area contributed by atoms with E-state index in [9.17, 15) is 18.0 Å². The Morgan fingerprint density at radius 1 is 1.42 bits per heavy atom. The summed E-state index contributed by atoms with van der Waals surface area (Å²) in [7, 11) is 1.25. The number of carbonyl (C=O) groups is 1. The molecule has 0 atom stereocenters. The molecule has 0 radical (unpaired) electrons. The van der Waals surface area contributed by atoms with Crippen molar-refractivity contribution in [2.45, 2.75) is 19.0 Å². The van der Waals surface area contributed by atoms with Crippen molar-refractivity contribution in [1.82, 2.24) is 0 Å². The van der Waals surface area contributed by atoms with Crippen LogP contribution < -0.4 is 11.1 Å². The standard InChI is InChI=1S/C12H15F3N2O2/c1-19-11(18)8-3-4-10(9(16)7-8)17-6-2-5-12(13,14)15/h3-4,7,17H,2,5-6,16H2,1H3. The molecule has 7 heteroatoms. The van der Waals surface area contributed by atoms with Crippen LogP contribution in [0.2, 0.25) is 0 Å². The number of nitrogen functional groups attached to an aromatic ring is 1. The van der Waals surface area contributed by atoms with Crippen LogP contribution in [0.3, 0.4) is 0 Å². The summed E-state index contributed by atoms with van der Waals surface area (Å²) in [6, 6.07) is 4.45. The fourth-order valence-corrected chi connectivity index (χ4v) is 1.48. The molecule has 1 aromatic carbocycles. The minimum absolute atomic E-state index is 0.0400. The molecule has 0 fully saturated rings. The average molecular weight is 276 g/mol. The predicted molar refractivity (Wildman–Crippen MR) is 66.0 cm³/mol. The van der Waals surface area contributed by atoms with E-state index in [-0.39, 0.29) is 18.7 Å². The van der Waals surface area contributed by atoms with E-state index in [0.29, 0.717) is 11.3 Å². The molecule has 0 aromatic heterocycles. The average Bonchev–Trinajstić information content (AvgIpc) is 2.33. The molecule has 0 amide bonds. The number of ether oxygens (including phenoxy) is 1. The zero-order chi connectivity index (χ0) is 14.5. The quantitative estimate of drug-likeness (QED) is 0.493. The van der Waals surface area contributed by atoms with Gasteiger partial charge in [0.15, 0.2) is 0 Å². The first-order valence-electron chi connectivity index (χ1n) is 5.62. The Morgan fingerprint density at radius 2 is 2.11 bits per heavy atom. The fourth-order valence-electron chi connectivity index (χ4n) is 1.48. The van der Waals surface area contributed by atoms with E-state index >= 15 is 0 Å². The Balaban J connectivity index is 2.54. The second kappa shape index (κ2) is 6.31. The van der Waals surface area contributed by atoms with Gasteiger partial charge in [0, 0.05) is 13.0 Å². The number of hydrogen-bond acceptors (Lipinski definition) is 4. The molecular formula is C12H15F3N2O2. The number of anilines is 2. The summed E-state index contributed by atoms with van der Waals surface area (Å²) in [4.78, 5) is 11.2. The second-order valence-electron chi connectivity index (χ2n) is 3.94. The van der Waals surface area contributed by atoms with Gasteiger partial charge >= 0.3 is 12.1 Å². The molecule has 0 aliphatic rings. The summed E-state index contributed by atoms with van der Waals surface area (Å²) >= 11 is 0. The third kappa shape index (κ3) is 5.07. The van der Waals surface area contributed by atoms with Gasteiger partial charge in [0.25, 0.3) is 0 Å². The van der Waals surface area contributed by atoms with Crippen molar-refractivity contribution in [3.8, 4) is 0 Å². The molecule has 0 bridgehead atoms. The zero-order valence-electron chi connectivity index (χ0n) is 10.4. The SMILES string of the molecule is COC(=O)c1ccc(NCCCC(F)(F)F)c(N)c1. The molecule has 0 spiro atoms. The summed E-state index contributed by atoms with van der Waals surface area (Å²) in [5.41, 5.74) is 6.76. The van der Waals surface area contributed by atoms with Crippen LogP contribution in [-0.4, -0.2) is 25.8 Å². The first-order chi connectivity index (χ1) is 8.83. The third-order valence-electron chi connectivity index (χ3n) is 2.43. The van der Waals surface area contributed by atoms with E-state index < -0.39 is 18.6 Å². The Labute approximate surface area is 108 Å². The van der Waals surface area contributed by atoms with Crippen LogP contribution in [-0.2, 0) is 4.74 Å². The lowest BCUT2D eigenvalue weighted by Crippen LogP contribution is -2.12. The van der Waals surface area contributed by atoms with Crippen molar-refractivity contribution >= 4 is 17.3 Å². The molecule has 0 unspecified atom stereocenters. The summed E-state index contributed by atoms with van der Waals surface area (Å²) in [5, 5.41) is 2.79. The van der Waals surface area contributed by atoms with Gasteiger partial charge in [-0.1, -0.05) is 0 Å². The highest BCUT2D eigenvalue weighted by Crippen LogP contribution is 2.23. The van der Waals surface area contributed by atoms with Crippen molar-refractivity contribution in [2.75, 3.05) is 24.7 Å². The largest absolute Gasteiger partial charge is 0.465 e. The number of hydrogen-bond donors (Lipinski definition) is 2. The Morgan fingerprint density at radius 3 is 2.63 bits per heavy atom. The van der Waals surface area contributed by atoms with Gasteiger partial charge in [-0.15, -0.1) is 0 Å². The fraction of sp³-hybridized carbons (Fsp3) is 0.417. The van der Waals surface area contributed by atoms with Gasteiger partial charge in [0.1, 0.15) is 0 Å². The van der Waals surface area contributed by atoms with E-state index in [1.807, 2.05) is 0 Å². The summed E-state index contributed by atoms with van der Waals surface area (Å²) in [6.45, 7) is 0.154. The maximum Gasteiger partial charge on any atom is 0.389 e. The lowest BCUT2D eigenvalue weighted by Gasteiger charge is -2.11. The van der Waals surface area contributed by atoms with Crippen LogP contribution in [0.15, 0.2) is 18.2 Å². The van der Waals surface area contributed by atoms with Gasteiger partial charge < -0.3 is 15.8 Å². The summed E-state index contributed by atoms with van der Waals surface area (Å²) in [5.74, 6) is -0.518. The van der Waals surface area contributed by atoms with Gasteiger partial charge in [0.2, 0.25) is 0 Å². The van der Waals surface area contributed by atoms with E-state index in [2.05, 4.69) is 10.1 Å². The molecule has 106 valence electrons. The first-order valence-corrected chi connectivity index (χ1v) is 5.62. The van der Waals surface area contributed by atoms with Crippen LogP contribution in [0, 0.1) is 0 Å². The Kier molecular flexibility index (Phi) is 5.02. The number of halogens is 3. The number of benzene rings is 1. The molecule has 0 saturated carbocycles. The van der Waals surface area contributed by atoms with Gasteiger partial charge in [-0.3, -0.25) is 0 Å².